The summed E-state index contributed by atoms with van der Waals surface area (Å²) in [6.45, 7) is 4.10. The van der Waals surface area contributed by atoms with E-state index in [1.165, 1.54) is 23.1 Å². The van der Waals surface area contributed by atoms with Gasteiger partial charge >= 0.3 is 0 Å². The molecular weight excluding hydrogens is 392 g/mol. The quantitative estimate of drug-likeness (QED) is 0.645. The zero-order valence-corrected chi connectivity index (χ0v) is 17.2. The lowest BCUT2D eigenvalue weighted by Crippen LogP contribution is -2.19. The van der Waals surface area contributed by atoms with Gasteiger partial charge in [0.05, 0.1) is 12.0 Å². The monoisotopic (exact) mass is 410 g/mol. The Morgan fingerprint density at radius 1 is 1.25 bits per heavy atom. The second-order valence-electron chi connectivity index (χ2n) is 6.16. The molecule has 1 aromatic carbocycles. The topological polar surface area (TPSA) is 68.5 Å². The van der Waals surface area contributed by atoms with Crippen LogP contribution >= 0.6 is 23.1 Å². The predicted molar refractivity (Wildman–Crippen MR) is 115 cm³/mol. The number of aliphatic imine (C=N–C) groups is 1. The standard InChI is InChI=1S/C20H18N4O2S2/c1-12-10-14(13(2)24(12)15-4-6-16(26-3)7-5-15)11-17-18(25)22-20(28-17)23-19-21-8-9-27-19/h4-11H,1-3H3,(H,21,22,23,25)/b17-11-. The van der Waals surface area contributed by atoms with E-state index in [2.05, 4.69) is 32.9 Å². The Morgan fingerprint density at radius 2 is 2.04 bits per heavy atom. The fourth-order valence-corrected chi connectivity index (χ4v) is 4.42. The number of aryl methyl sites for hydroxylation is 1. The number of thioether (sulfide) groups is 1. The van der Waals surface area contributed by atoms with E-state index in [0.29, 0.717) is 15.2 Å². The molecule has 8 heteroatoms. The Balaban J connectivity index is 1.64. The van der Waals surface area contributed by atoms with Crippen LogP contribution < -0.4 is 10.1 Å². The van der Waals surface area contributed by atoms with Gasteiger partial charge in [0.1, 0.15) is 5.75 Å². The van der Waals surface area contributed by atoms with Gasteiger partial charge in [-0.2, -0.15) is 4.99 Å². The lowest BCUT2D eigenvalue weighted by atomic mass is 10.2. The maximum Gasteiger partial charge on any atom is 0.264 e. The third kappa shape index (κ3) is 3.61. The van der Waals surface area contributed by atoms with Crippen LogP contribution in [0.5, 0.6) is 5.75 Å². The van der Waals surface area contributed by atoms with Crippen molar-refractivity contribution in [3.05, 3.63) is 63.8 Å². The highest BCUT2D eigenvalue weighted by molar-refractivity contribution is 8.18. The number of amides is 1. The Morgan fingerprint density at radius 3 is 2.71 bits per heavy atom. The van der Waals surface area contributed by atoms with Gasteiger partial charge in [-0.05, 0) is 67.6 Å². The molecule has 0 radical (unpaired) electrons. The van der Waals surface area contributed by atoms with Crippen molar-refractivity contribution in [3.8, 4) is 11.4 Å². The number of aromatic nitrogens is 2. The molecule has 0 saturated carbocycles. The summed E-state index contributed by atoms with van der Waals surface area (Å²) in [4.78, 5) is 21.4. The normalized spacial score (nSPS) is 16.8. The Bertz CT molecular complexity index is 1080. The number of nitrogens with zero attached hydrogens (tertiary/aromatic N) is 3. The van der Waals surface area contributed by atoms with Crippen molar-refractivity contribution in [1.82, 2.24) is 14.9 Å². The molecule has 1 fully saturated rings. The maximum absolute atomic E-state index is 12.3. The van der Waals surface area contributed by atoms with Crippen LogP contribution in [0.25, 0.3) is 11.8 Å². The summed E-state index contributed by atoms with van der Waals surface area (Å²) in [5.41, 5.74) is 4.21. The van der Waals surface area contributed by atoms with Crippen molar-refractivity contribution in [2.24, 2.45) is 4.99 Å². The number of hydrogen-bond acceptors (Lipinski definition) is 6. The van der Waals surface area contributed by atoms with E-state index in [1.54, 1.807) is 13.3 Å². The van der Waals surface area contributed by atoms with Crippen LogP contribution in [0, 0.1) is 13.8 Å². The van der Waals surface area contributed by atoms with Crippen LogP contribution in [-0.2, 0) is 4.79 Å². The van der Waals surface area contributed by atoms with Gasteiger partial charge in [-0.3, -0.25) is 4.79 Å². The molecule has 0 spiro atoms. The largest absolute Gasteiger partial charge is 0.497 e. The van der Waals surface area contributed by atoms with E-state index in [0.717, 1.165) is 28.4 Å². The first-order valence-corrected chi connectivity index (χ1v) is 10.3. The van der Waals surface area contributed by atoms with Crippen LogP contribution in [0.15, 0.2) is 51.8 Å². The second kappa shape index (κ2) is 7.65. The first-order chi connectivity index (χ1) is 13.5. The molecule has 0 bridgehead atoms. The highest BCUT2D eigenvalue weighted by Crippen LogP contribution is 2.31. The fourth-order valence-electron chi connectivity index (χ4n) is 3.04. The molecule has 1 amide bonds. The molecule has 6 nitrogen and oxygen atoms in total. The Hall–Kier alpha value is -2.84. The number of ether oxygens (including phenoxy) is 1. The predicted octanol–water partition coefficient (Wildman–Crippen LogP) is 4.45. The van der Waals surface area contributed by atoms with E-state index in [-0.39, 0.29) is 5.91 Å². The van der Waals surface area contributed by atoms with Crippen LogP contribution in [-0.4, -0.2) is 27.7 Å². The van der Waals surface area contributed by atoms with Gasteiger partial charge in [-0.25, -0.2) is 4.98 Å². The van der Waals surface area contributed by atoms with Gasteiger partial charge in [0.2, 0.25) is 5.13 Å². The van der Waals surface area contributed by atoms with Crippen molar-refractivity contribution in [1.29, 1.82) is 0 Å². The molecule has 1 aliphatic rings. The van der Waals surface area contributed by atoms with Gasteiger partial charge in [0.25, 0.3) is 5.91 Å². The van der Waals surface area contributed by atoms with Gasteiger partial charge in [0, 0.05) is 28.7 Å². The molecule has 0 aliphatic carbocycles. The molecule has 28 heavy (non-hydrogen) atoms. The minimum Gasteiger partial charge on any atom is -0.497 e. The summed E-state index contributed by atoms with van der Waals surface area (Å²) < 4.78 is 7.40. The highest BCUT2D eigenvalue weighted by Gasteiger charge is 2.25. The van der Waals surface area contributed by atoms with E-state index in [1.807, 2.05) is 42.6 Å². The summed E-state index contributed by atoms with van der Waals surface area (Å²) in [6.07, 6.45) is 3.60. The minimum atomic E-state index is -0.144. The van der Waals surface area contributed by atoms with Gasteiger partial charge in [0.15, 0.2) is 5.17 Å². The minimum absolute atomic E-state index is 0.144. The Labute approximate surface area is 171 Å². The fraction of sp³-hybridized carbons (Fsp3) is 0.150. The van der Waals surface area contributed by atoms with Crippen molar-refractivity contribution >= 4 is 45.4 Å². The molecule has 1 aliphatic heterocycles. The molecule has 4 rings (SSSR count). The number of thiazole rings is 1. The number of rotatable bonds is 4. The molecule has 1 saturated heterocycles. The summed E-state index contributed by atoms with van der Waals surface area (Å²) in [5.74, 6) is 0.675. The van der Waals surface area contributed by atoms with Crippen molar-refractivity contribution < 1.29 is 9.53 Å². The van der Waals surface area contributed by atoms with Gasteiger partial charge in [-0.15, -0.1) is 11.3 Å². The SMILES string of the molecule is COc1ccc(-n2c(C)cc(/C=C3\S/C(=N/c4nccs4)NC3=O)c2C)cc1. The average molecular weight is 411 g/mol. The zero-order valence-electron chi connectivity index (χ0n) is 15.6. The molecule has 142 valence electrons. The number of carbonyl (C=O) groups is 1. The molecule has 3 heterocycles. The van der Waals surface area contributed by atoms with E-state index >= 15 is 0 Å². The number of methoxy groups -OCH3 is 1. The number of carbonyl (C=O) groups excluding carboxylic acids is 1. The lowest BCUT2D eigenvalue weighted by Gasteiger charge is -2.10. The van der Waals surface area contributed by atoms with Crippen molar-refractivity contribution in [3.63, 3.8) is 0 Å². The van der Waals surface area contributed by atoms with Crippen LogP contribution in [0.1, 0.15) is 17.0 Å². The lowest BCUT2D eigenvalue weighted by molar-refractivity contribution is -0.115. The molecule has 0 unspecified atom stereocenters. The number of hydrogen-bond donors (Lipinski definition) is 1. The van der Waals surface area contributed by atoms with Gasteiger partial charge in [-0.1, -0.05) is 0 Å². The zero-order chi connectivity index (χ0) is 19.7. The van der Waals surface area contributed by atoms with Crippen molar-refractivity contribution in [2.45, 2.75) is 13.8 Å². The molecule has 2 aromatic heterocycles. The summed E-state index contributed by atoms with van der Waals surface area (Å²) in [6, 6.07) is 10.00. The summed E-state index contributed by atoms with van der Waals surface area (Å²) in [7, 11) is 1.65. The van der Waals surface area contributed by atoms with E-state index < -0.39 is 0 Å². The Kier molecular flexibility index (Phi) is 5.06. The smallest absolute Gasteiger partial charge is 0.264 e. The summed E-state index contributed by atoms with van der Waals surface area (Å²) >= 11 is 2.76. The number of nitrogens with one attached hydrogen (secondary N) is 1. The second-order valence-corrected chi connectivity index (χ2v) is 8.06. The molecule has 1 N–H and O–H groups in total. The third-order valence-electron chi connectivity index (χ3n) is 4.35. The van der Waals surface area contributed by atoms with E-state index in [9.17, 15) is 4.79 Å². The van der Waals surface area contributed by atoms with Crippen LogP contribution in [0.4, 0.5) is 5.13 Å². The van der Waals surface area contributed by atoms with Crippen molar-refractivity contribution in [2.75, 3.05) is 7.11 Å². The first kappa shape index (κ1) is 18.5. The molecular formula is C20H18N4O2S2. The first-order valence-electron chi connectivity index (χ1n) is 8.57. The average Bonchev–Trinajstić information content (AvgIpc) is 3.38. The van der Waals surface area contributed by atoms with Gasteiger partial charge < -0.3 is 14.6 Å². The van der Waals surface area contributed by atoms with Crippen LogP contribution in [0.2, 0.25) is 0 Å². The third-order valence-corrected chi connectivity index (χ3v) is 5.93. The van der Waals surface area contributed by atoms with E-state index in [4.69, 9.17) is 4.74 Å². The molecule has 3 aromatic rings. The number of amidine groups is 1. The number of benzene rings is 1. The maximum atomic E-state index is 12.3. The highest BCUT2D eigenvalue weighted by atomic mass is 32.2. The molecule has 0 atom stereocenters. The van der Waals surface area contributed by atoms with Crippen LogP contribution in [0.3, 0.4) is 0 Å². The summed E-state index contributed by atoms with van der Waals surface area (Å²) in [5, 5.41) is 5.83.